The van der Waals surface area contributed by atoms with Gasteiger partial charge in [0.05, 0.1) is 0 Å². The molecule has 2 nitrogen and oxygen atoms in total. The van der Waals surface area contributed by atoms with E-state index in [1.54, 1.807) is 0 Å². The number of benzene rings is 2. The Kier molecular flexibility index (Phi) is 4.82. The molecule has 1 unspecified atom stereocenters. The summed E-state index contributed by atoms with van der Waals surface area (Å²) in [4.78, 5) is 0. The number of hydrogen-bond acceptors (Lipinski definition) is 2. The first-order valence-corrected chi connectivity index (χ1v) is 6.57. The van der Waals surface area contributed by atoms with Gasteiger partial charge in [-0.05, 0) is 43.5 Å². The Hall–Kier alpha value is -1.78. The van der Waals surface area contributed by atoms with Crippen molar-refractivity contribution in [2.75, 3.05) is 0 Å². The molecule has 0 aliphatic heterocycles. The van der Waals surface area contributed by atoms with Gasteiger partial charge in [-0.15, -0.1) is 0 Å². The molecule has 0 aliphatic rings. The average molecular weight is 276 g/mol. The van der Waals surface area contributed by atoms with Crippen molar-refractivity contribution < 1.29 is 8.78 Å². The predicted octanol–water partition coefficient (Wildman–Crippen LogP) is 3.41. The van der Waals surface area contributed by atoms with Crippen molar-refractivity contribution in [3.05, 3.63) is 70.8 Å². The van der Waals surface area contributed by atoms with Crippen LogP contribution in [0.1, 0.15) is 29.2 Å². The summed E-state index contributed by atoms with van der Waals surface area (Å²) >= 11 is 0. The van der Waals surface area contributed by atoms with Crippen LogP contribution in [0.2, 0.25) is 0 Å². The maximum Gasteiger partial charge on any atom is 0.128 e. The standard InChI is InChI=1S/C16H18F2N2/c1-11-2-4-12(5-3-11)6-9-16(20-19)14-10-13(17)7-8-15(14)18/h2-5,7-8,10,16,20H,6,9,19H2,1H3. The van der Waals surface area contributed by atoms with Crippen LogP contribution in [0, 0.1) is 18.6 Å². The van der Waals surface area contributed by atoms with E-state index in [1.165, 1.54) is 11.6 Å². The lowest BCUT2D eigenvalue weighted by Gasteiger charge is -2.17. The van der Waals surface area contributed by atoms with Crippen LogP contribution in [0.5, 0.6) is 0 Å². The predicted molar refractivity (Wildman–Crippen MR) is 75.9 cm³/mol. The zero-order chi connectivity index (χ0) is 14.5. The molecule has 0 aromatic heterocycles. The second-order valence-electron chi connectivity index (χ2n) is 4.91. The molecular weight excluding hydrogens is 258 g/mol. The largest absolute Gasteiger partial charge is 0.271 e. The minimum Gasteiger partial charge on any atom is -0.271 e. The van der Waals surface area contributed by atoms with E-state index in [4.69, 9.17) is 5.84 Å². The quantitative estimate of drug-likeness (QED) is 0.649. The summed E-state index contributed by atoms with van der Waals surface area (Å²) in [6.45, 7) is 2.02. The van der Waals surface area contributed by atoms with E-state index in [9.17, 15) is 8.78 Å². The summed E-state index contributed by atoms with van der Waals surface area (Å²) in [5.74, 6) is 4.57. The van der Waals surface area contributed by atoms with Crippen molar-refractivity contribution in [1.82, 2.24) is 5.43 Å². The third kappa shape index (κ3) is 3.62. The van der Waals surface area contributed by atoms with Gasteiger partial charge in [0.2, 0.25) is 0 Å². The van der Waals surface area contributed by atoms with Crippen molar-refractivity contribution in [1.29, 1.82) is 0 Å². The second kappa shape index (κ2) is 6.59. The Morgan fingerprint density at radius 1 is 1.10 bits per heavy atom. The van der Waals surface area contributed by atoms with E-state index < -0.39 is 17.7 Å². The number of nitrogens with two attached hydrogens (primary N) is 1. The number of nitrogens with one attached hydrogen (secondary N) is 1. The molecular formula is C16H18F2N2. The molecule has 0 bridgehead atoms. The maximum absolute atomic E-state index is 13.7. The van der Waals surface area contributed by atoms with E-state index in [2.05, 4.69) is 5.43 Å². The number of hydrazine groups is 1. The molecule has 0 amide bonds. The van der Waals surface area contributed by atoms with Crippen LogP contribution in [0.4, 0.5) is 8.78 Å². The third-order valence-electron chi connectivity index (χ3n) is 3.38. The molecule has 2 aromatic carbocycles. The van der Waals surface area contributed by atoms with Gasteiger partial charge in [-0.25, -0.2) is 8.78 Å². The van der Waals surface area contributed by atoms with Gasteiger partial charge in [0, 0.05) is 11.6 Å². The molecule has 3 N–H and O–H groups in total. The smallest absolute Gasteiger partial charge is 0.128 e. The highest BCUT2D eigenvalue weighted by atomic mass is 19.1. The van der Waals surface area contributed by atoms with Crippen LogP contribution in [0.3, 0.4) is 0 Å². The highest BCUT2D eigenvalue weighted by molar-refractivity contribution is 5.24. The molecule has 2 rings (SSSR count). The van der Waals surface area contributed by atoms with Crippen molar-refractivity contribution in [3.63, 3.8) is 0 Å². The SMILES string of the molecule is Cc1ccc(CCC(NN)c2cc(F)ccc2F)cc1. The first kappa shape index (κ1) is 14.6. The number of halogens is 2. The first-order valence-electron chi connectivity index (χ1n) is 6.57. The fourth-order valence-electron chi connectivity index (χ4n) is 2.18. The van der Waals surface area contributed by atoms with Gasteiger partial charge >= 0.3 is 0 Å². The third-order valence-corrected chi connectivity index (χ3v) is 3.38. The molecule has 0 saturated carbocycles. The topological polar surface area (TPSA) is 38.0 Å². The van der Waals surface area contributed by atoms with Crippen LogP contribution < -0.4 is 11.3 Å². The summed E-state index contributed by atoms with van der Waals surface area (Å²) in [6.07, 6.45) is 1.34. The molecule has 0 heterocycles. The summed E-state index contributed by atoms with van der Waals surface area (Å²) in [7, 11) is 0. The Bertz CT molecular complexity index is 567. The van der Waals surface area contributed by atoms with Crippen LogP contribution >= 0.6 is 0 Å². The monoisotopic (exact) mass is 276 g/mol. The first-order chi connectivity index (χ1) is 9.60. The van der Waals surface area contributed by atoms with Crippen LogP contribution in [-0.2, 0) is 6.42 Å². The second-order valence-corrected chi connectivity index (χ2v) is 4.91. The lowest BCUT2D eigenvalue weighted by molar-refractivity contribution is 0.479. The van der Waals surface area contributed by atoms with Gasteiger partial charge in [-0.3, -0.25) is 11.3 Å². The van der Waals surface area contributed by atoms with E-state index in [0.717, 1.165) is 24.1 Å². The van der Waals surface area contributed by atoms with E-state index >= 15 is 0 Å². The molecule has 20 heavy (non-hydrogen) atoms. The number of rotatable bonds is 5. The van der Waals surface area contributed by atoms with Gasteiger partial charge in [0.15, 0.2) is 0 Å². The van der Waals surface area contributed by atoms with Gasteiger partial charge < -0.3 is 0 Å². The normalized spacial score (nSPS) is 12.4. The maximum atomic E-state index is 13.7. The zero-order valence-corrected chi connectivity index (χ0v) is 11.4. The zero-order valence-electron chi connectivity index (χ0n) is 11.4. The molecule has 0 spiro atoms. The van der Waals surface area contributed by atoms with Crippen molar-refractivity contribution in [3.8, 4) is 0 Å². The molecule has 0 aliphatic carbocycles. The van der Waals surface area contributed by atoms with Gasteiger partial charge in [-0.1, -0.05) is 29.8 Å². The van der Waals surface area contributed by atoms with Crippen LogP contribution in [0.25, 0.3) is 0 Å². The lowest BCUT2D eigenvalue weighted by Crippen LogP contribution is -2.29. The molecule has 4 heteroatoms. The van der Waals surface area contributed by atoms with Crippen molar-refractivity contribution in [2.24, 2.45) is 5.84 Å². The molecule has 0 saturated heterocycles. The Balaban J connectivity index is 2.09. The molecule has 0 fully saturated rings. The Morgan fingerprint density at radius 3 is 2.45 bits per heavy atom. The number of aryl methyl sites for hydroxylation is 2. The molecule has 106 valence electrons. The lowest BCUT2D eigenvalue weighted by atomic mass is 9.98. The fraction of sp³-hybridized carbons (Fsp3) is 0.250. The van der Waals surface area contributed by atoms with Crippen LogP contribution in [-0.4, -0.2) is 0 Å². The number of hydrogen-bond donors (Lipinski definition) is 2. The van der Waals surface area contributed by atoms with Gasteiger partial charge in [0.25, 0.3) is 0 Å². The fourth-order valence-corrected chi connectivity index (χ4v) is 2.18. The van der Waals surface area contributed by atoms with Gasteiger partial charge in [0.1, 0.15) is 11.6 Å². The summed E-state index contributed by atoms with van der Waals surface area (Å²) < 4.78 is 26.9. The Morgan fingerprint density at radius 2 is 1.80 bits per heavy atom. The van der Waals surface area contributed by atoms with Gasteiger partial charge in [-0.2, -0.15) is 0 Å². The molecule has 2 aromatic rings. The molecule has 0 radical (unpaired) electrons. The van der Waals surface area contributed by atoms with Crippen molar-refractivity contribution in [2.45, 2.75) is 25.8 Å². The van der Waals surface area contributed by atoms with Crippen LogP contribution in [0.15, 0.2) is 42.5 Å². The van der Waals surface area contributed by atoms with E-state index in [1.807, 2.05) is 31.2 Å². The highest BCUT2D eigenvalue weighted by Gasteiger charge is 2.15. The minimum absolute atomic E-state index is 0.264. The molecule has 1 atom stereocenters. The Labute approximate surface area is 117 Å². The average Bonchev–Trinajstić information content (AvgIpc) is 2.45. The summed E-state index contributed by atoms with van der Waals surface area (Å²) in [6, 6.07) is 11.1. The van der Waals surface area contributed by atoms with Crippen molar-refractivity contribution >= 4 is 0 Å². The van der Waals surface area contributed by atoms with E-state index in [-0.39, 0.29) is 5.56 Å². The summed E-state index contributed by atoms with van der Waals surface area (Å²) in [5.41, 5.74) is 5.16. The van der Waals surface area contributed by atoms with E-state index in [0.29, 0.717) is 6.42 Å². The summed E-state index contributed by atoms with van der Waals surface area (Å²) in [5, 5.41) is 0. The highest BCUT2D eigenvalue weighted by Crippen LogP contribution is 2.22. The minimum atomic E-state index is -0.461.